The van der Waals surface area contributed by atoms with Crippen molar-refractivity contribution >= 4 is 17.4 Å². The molecular weight excluding hydrogens is 382 g/mol. The number of benzene rings is 1. The van der Waals surface area contributed by atoms with Crippen molar-refractivity contribution < 1.29 is 19.1 Å². The van der Waals surface area contributed by atoms with Gasteiger partial charge in [0, 0.05) is 46.4 Å². The Labute approximate surface area is 179 Å². The first-order valence-corrected chi connectivity index (χ1v) is 10.7. The minimum atomic E-state index is -0.221. The Morgan fingerprint density at radius 1 is 1.00 bits per heavy atom. The Hall–Kier alpha value is -2.38. The summed E-state index contributed by atoms with van der Waals surface area (Å²) in [5.74, 6) is 0.783. The van der Waals surface area contributed by atoms with Crippen molar-refractivity contribution in [1.29, 1.82) is 0 Å². The Morgan fingerprint density at radius 2 is 1.67 bits per heavy atom. The van der Waals surface area contributed by atoms with Crippen LogP contribution in [0.2, 0.25) is 0 Å². The van der Waals surface area contributed by atoms with E-state index in [1.807, 2.05) is 24.3 Å². The summed E-state index contributed by atoms with van der Waals surface area (Å²) in [4.78, 5) is 32.2. The van der Waals surface area contributed by atoms with Gasteiger partial charge in [-0.25, -0.2) is 0 Å². The molecule has 2 amide bonds. The van der Waals surface area contributed by atoms with Crippen LogP contribution in [0.15, 0.2) is 30.0 Å². The molecule has 2 heterocycles. The van der Waals surface area contributed by atoms with Gasteiger partial charge in [0.05, 0.1) is 12.2 Å². The molecule has 30 heavy (non-hydrogen) atoms. The molecule has 1 aromatic carbocycles. The maximum absolute atomic E-state index is 13.3. The minimum Gasteiger partial charge on any atom is -0.493 e. The summed E-state index contributed by atoms with van der Waals surface area (Å²) in [6, 6.07) is 7.51. The Bertz CT molecular complexity index is 780. The number of imide groups is 1. The molecule has 1 saturated heterocycles. The smallest absolute Gasteiger partial charge is 0.277 e. The lowest BCUT2D eigenvalue weighted by Gasteiger charge is -2.34. The second-order valence-electron chi connectivity index (χ2n) is 8.35. The van der Waals surface area contributed by atoms with Gasteiger partial charge in [0.15, 0.2) is 0 Å². The molecule has 0 radical (unpaired) electrons. The van der Waals surface area contributed by atoms with E-state index in [0.29, 0.717) is 43.4 Å². The average molecular weight is 416 g/mol. The van der Waals surface area contributed by atoms with E-state index in [9.17, 15) is 9.59 Å². The highest BCUT2D eigenvalue weighted by Crippen LogP contribution is 2.33. The quantitative estimate of drug-likeness (QED) is 0.455. The van der Waals surface area contributed by atoms with E-state index in [0.717, 1.165) is 37.5 Å². The zero-order valence-electron chi connectivity index (χ0n) is 18.5. The van der Waals surface area contributed by atoms with E-state index >= 15 is 0 Å². The van der Waals surface area contributed by atoms with Crippen molar-refractivity contribution in [3.8, 4) is 5.75 Å². The minimum absolute atomic E-state index is 0.198. The van der Waals surface area contributed by atoms with Crippen LogP contribution in [0.1, 0.15) is 25.8 Å². The lowest BCUT2D eigenvalue weighted by molar-refractivity contribution is -0.137. The maximum Gasteiger partial charge on any atom is 0.277 e. The molecule has 0 N–H and O–H groups in total. The normalized spacial score (nSPS) is 18.2. The van der Waals surface area contributed by atoms with Crippen LogP contribution in [0, 0.1) is 5.92 Å². The summed E-state index contributed by atoms with van der Waals surface area (Å²) in [5, 5.41) is 0. The van der Waals surface area contributed by atoms with E-state index in [4.69, 9.17) is 9.47 Å². The first-order valence-electron chi connectivity index (χ1n) is 10.7. The second-order valence-corrected chi connectivity index (χ2v) is 8.35. The number of ether oxygens (including phenoxy) is 2. The Kier molecular flexibility index (Phi) is 7.50. The van der Waals surface area contributed by atoms with Crippen LogP contribution >= 0.6 is 0 Å². The van der Waals surface area contributed by atoms with E-state index < -0.39 is 0 Å². The Morgan fingerprint density at radius 3 is 2.27 bits per heavy atom. The molecule has 2 aliphatic heterocycles. The number of piperazine rings is 1. The van der Waals surface area contributed by atoms with Crippen molar-refractivity contribution in [2.45, 2.75) is 20.3 Å². The van der Waals surface area contributed by atoms with Crippen LogP contribution in [0.5, 0.6) is 5.75 Å². The van der Waals surface area contributed by atoms with Gasteiger partial charge >= 0.3 is 0 Å². The monoisotopic (exact) mass is 415 g/mol. The molecular formula is C23H33N3O4. The number of carbonyl (C=O) groups excluding carboxylic acids is 2. The first-order chi connectivity index (χ1) is 14.4. The standard InChI is InChI=1S/C23H33N3O4/c1-17(2)16-30-19-8-6-18(7-9-19)20-21(25-13-11-24(3)12-14-25)23(28)26(22(20)27)10-5-15-29-4/h6-9,17H,5,10-16H2,1-4H3. The Balaban J connectivity index is 1.89. The molecule has 0 aromatic heterocycles. The molecule has 0 aliphatic carbocycles. The predicted octanol–water partition coefficient (Wildman–Crippen LogP) is 2.09. The highest BCUT2D eigenvalue weighted by Gasteiger charge is 2.41. The molecule has 0 unspecified atom stereocenters. The lowest BCUT2D eigenvalue weighted by atomic mass is 10.0. The molecule has 0 atom stereocenters. The molecule has 7 nitrogen and oxygen atoms in total. The van der Waals surface area contributed by atoms with Crippen molar-refractivity contribution in [2.24, 2.45) is 5.92 Å². The third-order valence-electron chi connectivity index (χ3n) is 5.42. The fraction of sp³-hybridized carbons (Fsp3) is 0.565. The van der Waals surface area contributed by atoms with Crippen LogP contribution in [-0.4, -0.2) is 86.6 Å². The molecule has 1 fully saturated rings. The summed E-state index contributed by atoms with van der Waals surface area (Å²) in [6.07, 6.45) is 0.624. The largest absolute Gasteiger partial charge is 0.493 e. The highest BCUT2D eigenvalue weighted by molar-refractivity contribution is 6.35. The topological polar surface area (TPSA) is 62.3 Å². The van der Waals surface area contributed by atoms with Gasteiger partial charge in [0.25, 0.3) is 11.8 Å². The summed E-state index contributed by atoms with van der Waals surface area (Å²) in [6.45, 7) is 8.91. The number of nitrogens with zero attached hydrogens (tertiary/aromatic N) is 3. The van der Waals surface area contributed by atoms with Gasteiger partial charge in [0.1, 0.15) is 11.4 Å². The van der Waals surface area contributed by atoms with Crippen LogP contribution in [0.25, 0.3) is 5.57 Å². The summed E-state index contributed by atoms with van der Waals surface area (Å²) >= 11 is 0. The van der Waals surface area contributed by atoms with E-state index in [-0.39, 0.29) is 11.8 Å². The maximum atomic E-state index is 13.3. The van der Waals surface area contributed by atoms with Crippen LogP contribution < -0.4 is 4.74 Å². The SMILES string of the molecule is COCCCN1C(=O)C(c2ccc(OCC(C)C)cc2)=C(N2CCN(C)CC2)C1=O. The zero-order valence-corrected chi connectivity index (χ0v) is 18.5. The lowest BCUT2D eigenvalue weighted by Crippen LogP contribution is -2.46. The molecule has 7 heteroatoms. The molecule has 0 spiro atoms. The summed E-state index contributed by atoms with van der Waals surface area (Å²) in [5.41, 5.74) is 1.78. The number of carbonyl (C=O) groups is 2. The summed E-state index contributed by atoms with van der Waals surface area (Å²) < 4.78 is 10.9. The highest BCUT2D eigenvalue weighted by atomic mass is 16.5. The van der Waals surface area contributed by atoms with Gasteiger partial charge in [-0.05, 0) is 37.1 Å². The molecule has 0 bridgehead atoms. The van der Waals surface area contributed by atoms with E-state index in [1.54, 1.807) is 7.11 Å². The third-order valence-corrected chi connectivity index (χ3v) is 5.42. The fourth-order valence-corrected chi connectivity index (χ4v) is 3.70. The molecule has 3 rings (SSSR count). The van der Waals surface area contributed by atoms with E-state index in [2.05, 4.69) is 30.7 Å². The van der Waals surface area contributed by atoms with Crippen molar-refractivity contribution in [1.82, 2.24) is 14.7 Å². The van der Waals surface area contributed by atoms with Crippen LogP contribution in [0.4, 0.5) is 0 Å². The first kappa shape index (κ1) is 22.3. The van der Waals surface area contributed by atoms with Crippen LogP contribution in [-0.2, 0) is 14.3 Å². The number of amides is 2. The average Bonchev–Trinajstić information content (AvgIpc) is 2.98. The van der Waals surface area contributed by atoms with Crippen molar-refractivity contribution in [2.75, 3.05) is 60.1 Å². The fourth-order valence-electron chi connectivity index (χ4n) is 3.70. The molecule has 0 saturated carbocycles. The molecule has 164 valence electrons. The van der Waals surface area contributed by atoms with Gasteiger partial charge in [-0.2, -0.15) is 0 Å². The second kappa shape index (κ2) is 10.1. The van der Waals surface area contributed by atoms with Gasteiger partial charge in [-0.1, -0.05) is 26.0 Å². The number of likely N-dealkylation sites (N-methyl/N-ethyl adjacent to an activating group) is 1. The van der Waals surface area contributed by atoms with E-state index in [1.165, 1.54) is 4.90 Å². The predicted molar refractivity (Wildman–Crippen MR) is 116 cm³/mol. The third kappa shape index (κ3) is 5.02. The van der Waals surface area contributed by atoms with Crippen molar-refractivity contribution in [3.05, 3.63) is 35.5 Å². The summed E-state index contributed by atoms with van der Waals surface area (Å²) in [7, 11) is 3.69. The van der Waals surface area contributed by atoms with Gasteiger partial charge in [-0.3, -0.25) is 14.5 Å². The molecule has 2 aliphatic rings. The van der Waals surface area contributed by atoms with Crippen molar-refractivity contribution in [3.63, 3.8) is 0 Å². The molecule has 1 aromatic rings. The van der Waals surface area contributed by atoms with Gasteiger partial charge in [-0.15, -0.1) is 0 Å². The number of methoxy groups -OCH3 is 1. The van der Waals surface area contributed by atoms with Gasteiger partial charge in [0.2, 0.25) is 0 Å². The van der Waals surface area contributed by atoms with Gasteiger partial charge < -0.3 is 19.3 Å². The zero-order chi connectivity index (χ0) is 21.7. The number of rotatable bonds is 9. The number of hydrogen-bond donors (Lipinski definition) is 0. The van der Waals surface area contributed by atoms with Crippen LogP contribution in [0.3, 0.4) is 0 Å². The number of hydrogen-bond acceptors (Lipinski definition) is 6.